The number of rotatable bonds is 2. The summed E-state index contributed by atoms with van der Waals surface area (Å²) in [5, 5.41) is 2.04. The Hall–Kier alpha value is -0.250. The second-order valence-electron chi connectivity index (χ2n) is 1.08. The summed E-state index contributed by atoms with van der Waals surface area (Å²) >= 11 is 7.13. The highest BCUT2D eigenvalue weighted by Gasteiger charge is 2.11. The smallest absolute Gasteiger partial charge is 0.342 e. The molecule has 0 bridgehead atoms. The first kappa shape index (κ1) is 8.75. The summed E-state index contributed by atoms with van der Waals surface area (Å²) in [6.07, 6.45) is 0. The number of isothiocyanates is 1. The average molecular weight is 210 g/mol. The van der Waals surface area contributed by atoms with Crippen LogP contribution in [0.3, 0.4) is 0 Å². The molecule has 0 saturated carbocycles. The molecule has 0 fully saturated rings. The van der Waals surface area contributed by atoms with Crippen molar-refractivity contribution in [2.45, 2.75) is 4.95 Å². The zero-order valence-corrected chi connectivity index (χ0v) is 7.03. The maximum absolute atomic E-state index is 10.5. The molecule has 0 heterocycles. The molecule has 0 saturated heterocycles. The Morgan fingerprint density at radius 2 is 2.56 bits per heavy atom. The fraction of sp³-hybridized carbons (Fsp3) is 0.500. The van der Waals surface area contributed by atoms with Crippen LogP contribution in [0, 0.1) is 0 Å². The van der Waals surface area contributed by atoms with E-state index in [0.29, 0.717) is 0 Å². The van der Waals surface area contributed by atoms with E-state index in [1.165, 1.54) is 7.11 Å². The van der Waals surface area contributed by atoms with Gasteiger partial charge in [0.2, 0.25) is 4.95 Å². The predicted octanol–water partition coefficient (Wildman–Crippen LogP) is 0.983. The van der Waals surface area contributed by atoms with Crippen molar-refractivity contribution in [1.82, 2.24) is 0 Å². The van der Waals surface area contributed by atoms with E-state index in [-0.39, 0.29) is 0 Å². The van der Waals surface area contributed by atoms with E-state index in [0.717, 1.165) is 0 Å². The van der Waals surface area contributed by atoms with Gasteiger partial charge in [-0.2, -0.15) is 0 Å². The Morgan fingerprint density at radius 1 is 2.00 bits per heavy atom. The van der Waals surface area contributed by atoms with Gasteiger partial charge in [0.25, 0.3) is 0 Å². The highest BCUT2D eigenvalue weighted by Crippen LogP contribution is 2.01. The normalized spacial score (nSPS) is 11.3. The second kappa shape index (κ2) is 4.61. The third kappa shape index (κ3) is 3.35. The van der Waals surface area contributed by atoms with Gasteiger partial charge in [-0.3, -0.25) is 0 Å². The Balaban J connectivity index is 3.87. The number of hydrogen-bond acceptors (Lipinski definition) is 4. The molecule has 0 spiro atoms. The van der Waals surface area contributed by atoms with E-state index >= 15 is 0 Å². The summed E-state index contributed by atoms with van der Waals surface area (Å²) in [4.78, 5) is 13.1. The lowest BCUT2D eigenvalue weighted by molar-refractivity contribution is -0.139. The van der Waals surface area contributed by atoms with Crippen LogP contribution in [0.5, 0.6) is 0 Å². The van der Waals surface area contributed by atoms with Gasteiger partial charge in [-0.25, -0.2) is 9.79 Å². The summed E-state index contributed by atoms with van der Waals surface area (Å²) in [6, 6.07) is 0. The van der Waals surface area contributed by atoms with Gasteiger partial charge in [-0.05, 0) is 28.1 Å². The van der Waals surface area contributed by atoms with Crippen molar-refractivity contribution in [3.8, 4) is 0 Å². The molecule has 0 amide bonds. The minimum atomic E-state index is -0.708. The number of methoxy groups -OCH3 is 1. The van der Waals surface area contributed by atoms with Gasteiger partial charge < -0.3 is 4.74 Å². The maximum atomic E-state index is 10.5. The molecule has 9 heavy (non-hydrogen) atoms. The zero-order chi connectivity index (χ0) is 7.28. The minimum Gasteiger partial charge on any atom is -0.467 e. The first-order chi connectivity index (χ1) is 4.22. The Morgan fingerprint density at radius 3 is 2.89 bits per heavy atom. The molecule has 3 nitrogen and oxygen atoms in total. The molecule has 0 aliphatic carbocycles. The zero-order valence-electron chi connectivity index (χ0n) is 4.63. The molecule has 0 N–H and O–H groups in total. The van der Waals surface area contributed by atoms with Crippen LogP contribution >= 0.6 is 28.1 Å². The SMILES string of the molecule is COC(=O)C(Br)N=C=S. The van der Waals surface area contributed by atoms with Crippen LogP contribution in [0.1, 0.15) is 0 Å². The van der Waals surface area contributed by atoms with E-state index in [9.17, 15) is 4.79 Å². The fourth-order valence-electron chi connectivity index (χ4n) is 0.196. The van der Waals surface area contributed by atoms with E-state index in [4.69, 9.17) is 0 Å². The van der Waals surface area contributed by atoms with Crippen molar-refractivity contribution in [2.24, 2.45) is 4.99 Å². The third-order valence-corrected chi connectivity index (χ3v) is 1.25. The molecule has 0 rings (SSSR count). The quantitative estimate of drug-likeness (QED) is 0.224. The van der Waals surface area contributed by atoms with Crippen LogP contribution in [-0.2, 0) is 9.53 Å². The largest absolute Gasteiger partial charge is 0.467 e. The van der Waals surface area contributed by atoms with Crippen molar-refractivity contribution < 1.29 is 9.53 Å². The Bertz CT molecular complexity index is 155. The van der Waals surface area contributed by atoms with Gasteiger partial charge in [0.05, 0.1) is 12.3 Å². The van der Waals surface area contributed by atoms with Gasteiger partial charge in [-0.1, -0.05) is 0 Å². The van der Waals surface area contributed by atoms with Crippen molar-refractivity contribution >= 4 is 39.3 Å². The number of nitrogens with zero attached hydrogens (tertiary/aromatic N) is 1. The highest BCUT2D eigenvalue weighted by atomic mass is 79.9. The van der Waals surface area contributed by atoms with Gasteiger partial charge in [0.15, 0.2) is 0 Å². The van der Waals surface area contributed by atoms with Gasteiger partial charge in [0.1, 0.15) is 0 Å². The first-order valence-electron chi connectivity index (χ1n) is 2.01. The molecular formula is C4H4BrNO2S. The number of halogens is 1. The molecule has 1 unspecified atom stereocenters. The van der Waals surface area contributed by atoms with Crippen LogP contribution in [0.4, 0.5) is 0 Å². The molecule has 0 aromatic rings. The number of hydrogen-bond donors (Lipinski definition) is 0. The highest BCUT2D eigenvalue weighted by molar-refractivity contribution is 9.10. The molecule has 0 aliphatic heterocycles. The number of alkyl halides is 1. The number of ether oxygens (including phenoxy) is 1. The van der Waals surface area contributed by atoms with Crippen molar-refractivity contribution in [3.05, 3.63) is 0 Å². The molecule has 5 heteroatoms. The molecule has 1 atom stereocenters. The van der Waals surface area contributed by atoms with Crippen LogP contribution < -0.4 is 0 Å². The lowest BCUT2D eigenvalue weighted by atomic mass is 10.7. The maximum Gasteiger partial charge on any atom is 0.342 e. The Labute approximate surface area is 66.2 Å². The lowest BCUT2D eigenvalue weighted by Crippen LogP contribution is -2.12. The van der Waals surface area contributed by atoms with E-state index < -0.39 is 10.9 Å². The van der Waals surface area contributed by atoms with Crippen LogP contribution in [0.25, 0.3) is 0 Å². The standard InChI is InChI=1S/C4H4BrNO2S/c1-8-4(7)3(5)6-2-9/h3H,1H3. The van der Waals surface area contributed by atoms with Gasteiger partial charge in [0, 0.05) is 0 Å². The number of carbonyl (C=O) groups is 1. The summed E-state index contributed by atoms with van der Waals surface area (Å²) in [5.74, 6) is -0.479. The fourth-order valence-corrected chi connectivity index (χ4v) is 0.726. The molecular weight excluding hydrogens is 206 g/mol. The van der Waals surface area contributed by atoms with E-state index in [2.05, 4.69) is 37.9 Å². The van der Waals surface area contributed by atoms with Crippen molar-refractivity contribution in [3.63, 3.8) is 0 Å². The molecule has 0 aromatic heterocycles. The van der Waals surface area contributed by atoms with E-state index in [1.807, 2.05) is 5.16 Å². The summed E-state index contributed by atoms with van der Waals surface area (Å²) in [7, 11) is 1.27. The number of aliphatic imine (C=N–C) groups is 1. The van der Waals surface area contributed by atoms with Crippen molar-refractivity contribution in [1.29, 1.82) is 0 Å². The summed E-state index contributed by atoms with van der Waals surface area (Å²) in [5.41, 5.74) is 0. The summed E-state index contributed by atoms with van der Waals surface area (Å²) in [6.45, 7) is 0. The second-order valence-corrected chi connectivity index (χ2v) is 2.13. The monoisotopic (exact) mass is 209 g/mol. The molecule has 50 valence electrons. The average Bonchev–Trinajstić information content (AvgIpc) is 1.87. The topological polar surface area (TPSA) is 38.7 Å². The molecule has 0 aromatic carbocycles. The summed E-state index contributed by atoms with van der Waals surface area (Å²) < 4.78 is 4.30. The number of carbonyl (C=O) groups excluding carboxylic acids is 1. The molecule has 0 aliphatic rings. The number of esters is 1. The van der Waals surface area contributed by atoms with Crippen LogP contribution in [0.2, 0.25) is 0 Å². The van der Waals surface area contributed by atoms with Crippen LogP contribution in [-0.4, -0.2) is 23.2 Å². The predicted molar refractivity (Wildman–Crippen MR) is 39.8 cm³/mol. The van der Waals surface area contributed by atoms with Gasteiger partial charge in [-0.15, -0.1) is 0 Å². The first-order valence-corrected chi connectivity index (χ1v) is 3.33. The van der Waals surface area contributed by atoms with Crippen LogP contribution in [0.15, 0.2) is 4.99 Å². The Kier molecular flexibility index (Phi) is 4.48. The van der Waals surface area contributed by atoms with Gasteiger partial charge >= 0.3 is 5.97 Å². The minimum absolute atomic E-state index is 0.479. The molecule has 0 radical (unpaired) electrons. The third-order valence-electron chi connectivity index (χ3n) is 0.562. The lowest BCUT2D eigenvalue weighted by Gasteiger charge is -1.96. The van der Waals surface area contributed by atoms with Crippen molar-refractivity contribution in [2.75, 3.05) is 7.11 Å². The van der Waals surface area contributed by atoms with E-state index in [1.54, 1.807) is 0 Å². The number of thiocarbonyl (C=S) groups is 1.